The fourth-order valence-corrected chi connectivity index (χ4v) is 4.16. The molecule has 1 unspecified atom stereocenters. The largest absolute Gasteiger partial charge is 0.383 e. The Bertz CT molecular complexity index is 845. The van der Waals surface area contributed by atoms with E-state index in [4.69, 9.17) is 16.3 Å². The van der Waals surface area contributed by atoms with Gasteiger partial charge >= 0.3 is 0 Å². The first-order valence-electron chi connectivity index (χ1n) is 7.61. The summed E-state index contributed by atoms with van der Waals surface area (Å²) in [5.41, 5.74) is 0.660. The van der Waals surface area contributed by atoms with Crippen molar-refractivity contribution in [2.45, 2.75) is 30.2 Å². The molecule has 0 aliphatic carbocycles. The van der Waals surface area contributed by atoms with E-state index in [0.717, 1.165) is 19.4 Å². The molecular weight excluding hydrogens is 354 g/mol. The van der Waals surface area contributed by atoms with E-state index in [-0.39, 0.29) is 17.0 Å². The molecule has 0 radical (unpaired) electrons. The molecule has 2 aromatic heterocycles. The van der Waals surface area contributed by atoms with Gasteiger partial charge in [-0.3, -0.25) is 0 Å². The summed E-state index contributed by atoms with van der Waals surface area (Å²) in [4.78, 5) is 4.15. The van der Waals surface area contributed by atoms with Gasteiger partial charge in [-0.1, -0.05) is 11.6 Å². The number of fused-ring (bicyclic) bond motifs is 1. The van der Waals surface area contributed by atoms with Crippen LogP contribution in [-0.4, -0.2) is 55.4 Å². The van der Waals surface area contributed by atoms with Crippen molar-refractivity contribution in [3.63, 3.8) is 0 Å². The van der Waals surface area contributed by atoms with Crippen molar-refractivity contribution >= 4 is 27.3 Å². The number of rotatable bonds is 6. The van der Waals surface area contributed by atoms with Gasteiger partial charge in [-0.05, 0) is 26.3 Å². The van der Waals surface area contributed by atoms with E-state index in [0.29, 0.717) is 23.0 Å². The summed E-state index contributed by atoms with van der Waals surface area (Å²) in [5, 5.41) is 7.92. The van der Waals surface area contributed by atoms with Gasteiger partial charge in [0, 0.05) is 13.7 Å². The molecule has 132 valence electrons. The number of halogens is 1. The highest BCUT2D eigenvalue weighted by Gasteiger charge is 2.35. The average molecular weight is 374 g/mol. The Kier molecular flexibility index (Phi) is 4.80. The quantitative estimate of drug-likeness (QED) is 0.775. The summed E-state index contributed by atoms with van der Waals surface area (Å²) in [6.07, 6.45) is 4.54. The topological polar surface area (TPSA) is 97.6 Å². The fraction of sp³-hybridized carbons (Fsp3) is 0.571. The molecule has 8 nitrogen and oxygen atoms in total. The van der Waals surface area contributed by atoms with Gasteiger partial charge in [-0.25, -0.2) is 22.6 Å². The molecule has 10 heteroatoms. The summed E-state index contributed by atoms with van der Waals surface area (Å²) >= 11 is 6.08. The Morgan fingerprint density at radius 3 is 3.00 bits per heavy atom. The third kappa shape index (κ3) is 3.27. The molecule has 3 rings (SSSR count). The third-order valence-corrected chi connectivity index (χ3v) is 6.01. The van der Waals surface area contributed by atoms with E-state index >= 15 is 0 Å². The maximum absolute atomic E-state index is 12.6. The van der Waals surface area contributed by atoms with Gasteiger partial charge in [0.05, 0.1) is 30.2 Å². The van der Waals surface area contributed by atoms with Gasteiger partial charge in [0.25, 0.3) is 0 Å². The molecule has 2 N–H and O–H groups in total. The summed E-state index contributed by atoms with van der Waals surface area (Å²) in [6, 6.07) is 0. The van der Waals surface area contributed by atoms with Crippen LogP contribution < -0.4 is 10.0 Å². The van der Waals surface area contributed by atoms with Crippen molar-refractivity contribution < 1.29 is 13.2 Å². The van der Waals surface area contributed by atoms with E-state index in [1.54, 1.807) is 14.0 Å². The number of sulfonamides is 1. The summed E-state index contributed by atoms with van der Waals surface area (Å²) < 4.78 is 34.4. The molecule has 24 heavy (non-hydrogen) atoms. The lowest BCUT2D eigenvalue weighted by molar-refractivity contribution is 0.122. The molecule has 1 saturated heterocycles. The van der Waals surface area contributed by atoms with Crippen LogP contribution >= 0.6 is 11.6 Å². The number of aromatic nitrogens is 3. The molecule has 1 atom stereocenters. The average Bonchev–Trinajstić information content (AvgIpc) is 3.12. The van der Waals surface area contributed by atoms with Crippen molar-refractivity contribution in [3.05, 3.63) is 23.1 Å². The maximum Gasteiger partial charge on any atom is 0.243 e. The number of hydrogen-bond donors (Lipinski definition) is 2. The second kappa shape index (κ2) is 6.57. The predicted molar refractivity (Wildman–Crippen MR) is 89.8 cm³/mol. The van der Waals surface area contributed by atoms with Gasteiger partial charge in [-0.15, -0.1) is 0 Å². The second-order valence-electron chi connectivity index (χ2n) is 6.03. The first-order chi connectivity index (χ1) is 11.4. The lowest BCUT2D eigenvalue weighted by atomic mass is 9.99. The number of methoxy groups -OCH3 is 1. The van der Waals surface area contributed by atoms with Crippen LogP contribution in [0.5, 0.6) is 0 Å². The molecular formula is C14H20ClN5O3S. The van der Waals surface area contributed by atoms with E-state index in [2.05, 4.69) is 20.1 Å². The van der Waals surface area contributed by atoms with Crippen molar-refractivity contribution in [2.24, 2.45) is 0 Å². The number of hydrogen-bond acceptors (Lipinski definition) is 6. The van der Waals surface area contributed by atoms with E-state index in [1.165, 1.54) is 16.9 Å². The molecule has 0 saturated carbocycles. The van der Waals surface area contributed by atoms with E-state index in [1.807, 2.05) is 0 Å². The Hall–Kier alpha value is -1.26. The third-order valence-electron chi connectivity index (χ3n) is 4.22. The number of ether oxygens (including phenoxy) is 1. The van der Waals surface area contributed by atoms with Crippen molar-refractivity contribution in [1.82, 2.24) is 24.6 Å². The molecule has 0 spiro atoms. The zero-order chi connectivity index (χ0) is 17.4. The maximum atomic E-state index is 12.6. The lowest BCUT2D eigenvalue weighted by Gasteiger charge is -2.28. The monoisotopic (exact) mass is 373 g/mol. The molecule has 0 bridgehead atoms. The van der Waals surface area contributed by atoms with Crippen LogP contribution in [0.4, 0.5) is 0 Å². The molecule has 0 amide bonds. The molecule has 1 aliphatic heterocycles. The minimum absolute atomic E-state index is 0.0414. The Labute approximate surface area is 145 Å². The highest BCUT2D eigenvalue weighted by Crippen LogP contribution is 2.22. The number of nitrogens with one attached hydrogen (secondary N) is 2. The van der Waals surface area contributed by atoms with Crippen LogP contribution in [0.15, 0.2) is 17.3 Å². The van der Waals surface area contributed by atoms with Gasteiger partial charge in [0.2, 0.25) is 10.0 Å². The first-order valence-corrected chi connectivity index (χ1v) is 9.47. The van der Waals surface area contributed by atoms with Gasteiger partial charge in [-0.2, -0.15) is 5.10 Å². The van der Waals surface area contributed by atoms with Gasteiger partial charge in [0.1, 0.15) is 9.92 Å². The minimum Gasteiger partial charge on any atom is -0.383 e. The second-order valence-corrected chi connectivity index (χ2v) is 8.17. The fourth-order valence-electron chi connectivity index (χ4n) is 2.93. The van der Waals surface area contributed by atoms with Crippen LogP contribution in [0.1, 0.15) is 18.5 Å². The zero-order valence-electron chi connectivity index (χ0n) is 13.5. The Balaban J connectivity index is 1.82. The van der Waals surface area contributed by atoms with Crippen molar-refractivity contribution in [1.29, 1.82) is 0 Å². The van der Waals surface area contributed by atoms with Crippen molar-refractivity contribution in [2.75, 3.05) is 26.8 Å². The Morgan fingerprint density at radius 1 is 1.54 bits per heavy atom. The molecule has 3 heterocycles. The SMILES string of the molecule is COCC1(CNS(=O)(=O)c2cnc3c(Cl)c(C)nn3c2)CCCN1. The van der Waals surface area contributed by atoms with Gasteiger partial charge in [0.15, 0.2) is 5.65 Å². The standard InChI is InChI=1S/C14H20ClN5O3S/c1-10-12(15)13-16-6-11(7-20(13)19-10)24(21,22)18-8-14(9-23-2)4-3-5-17-14/h6-7,17-18H,3-5,8-9H2,1-2H3. The van der Waals surface area contributed by atoms with Crippen LogP contribution in [0, 0.1) is 6.92 Å². The highest BCUT2D eigenvalue weighted by atomic mass is 35.5. The first kappa shape index (κ1) is 17.6. The van der Waals surface area contributed by atoms with E-state index in [9.17, 15) is 8.42 Å². The Morgan fingerprint density at radius 2 is 2.33 bits per heavy atom. The van der Waals surface area contributed by atoms with Crippen molar-refractivity contribution in [3.8, 4) is 0 Å². The summed E-state index contributed by atoms with van der Waals surface area (Å²) in [7, 11) is -2.10. The normalized spacial score (nSPS) is 21.6. The van der Waals surface area contributed by atoms with Crippen LogP contribution in [0.3, 0.4) is 0 Å². The number of nitrogens with zero attached hydrogens (tertiary/aromatic N) is 3. The zero-order valence-corrected chi connectivity index (χ0v) is 15.1. The van der Waals surface area contributed by atoms with Gasteiger partial charge < -0.3 is 10.1 Å². The number of aryl methyl sites for hydroxylation is 1. The smallest absolute Gasteiger partial charge is 0.243 e. The summed E-state index contributed by atoms with van der Waals surface area (Å²) in [5.74, 6) is 0. The molecule has 1 aliphatic rings. The van der Waals surface area contributed by atoms with E-state index < -0.39 is 10.0 Å². The summed E-state index contributed by atoms with van der Waals surface area (Å²) in [6.45, 7) is 3.29. The molecule has 1 fully saturated rings. The minimum atomic E-state index is -3.71. The van der Waals surface area contributed by atoms with Crippen LogP contribution in [0.2, 0.25) is 5.02 Å². The highest BCUT2D eigenvalue weighted by molar-refractivity contribution is 7.89. The predicted octanol–water partition coefficient (Wildman–Crippen LogP) is 0.738. The molecule has 0 aromatic carbocycles. The van der Waals surface area contributed by atoms with Crippen LogP contribution in [0.25, 0.3) is 5.65 Å². The molecule has 2 aromatic rings. The lowest BCUT2D eigenvalue weighted by Crippen LogP contribution is -2.52. The van der Waals surface area contributed by atoms with Crippen LogP contribution in [-0.2, 0) is 14.8 Å².